The second-order valence-electron chi connectivity index (χ2n) is 4.80. The zero-order chi connectivity index (χ0) is 11.9. The first kappa shape index (κ1) is 11.8. The van der Waals surface area contributed by atoms with Crippen LogP contribution in [0.3, 0.4) is 0 Å². The Morgan fingerprint density at radius 1 is 1.31 bits per heavy atom. The van der Waals surface area contributed by atoms with Crippen LogP contribution in [0.2, 0.25) is 0 Å². The molecule has 0 aromatic heterocycles. The van der Waals surface area contributed by atoms with Crippen molar-refractivity contribution < 1.29 is 4.74 Å². The summed E-state index contributed by atoms with van der Waals surface area (Å²) in [5.74, 6) is 1.62. The van der Waals surface area contributed by atoms with Gasteiger partial charge in [-0.25, -0.2) is 0 Å². The van der Waals surface area contributed by atoms with Crippen LogP contribution in [0.4, 0.5) is 0 Å². The molecule has 2 atom stereocenters. The number of aryl methyl sites for hydroxylation is 1. The predicted molar refractivity (Wildman–Crippen MR) is 68.7 cm³/mol. The third-order valence-corrected chi connectivity index (χ3v) is 4.12. The van der Waals surface area contributed by atoms with Crippen LogP contribution < -0.4 is 4.74 Å². The van der Waals surface area contributed by atoms with Gasteiger partial charge in [0.25, 0.3) is 0 Å². The SMILES string of the molecule is COc1c(C)cc2c(c1C)C(Cl)CCC2C. The Labute approximate surface area is 103 Å². The number of rotatable bonds is 1. The van der Waals surface area contributed by atoms with Crippen molar-refractivity contribution in [3.05, 3.63) is 28.3 Å². The molecule has 0 N–H and O–H groups in total. The zero-order valence-electron chi connectivity index (χ0n) is 10.4. The minimum Gasteiger partial charge on any atom is -0.496 e. The van der Waals surface area contributed by atoms with Crippen molar-refractivity contribution in [2.24, 2.45) is 0 Å². The lowest BCUT2D eigenvalue weighted by atomic mass is 9.80. The summed E-state index contributed by atoms with van der Waals surface area (Å²) in [5, 5.41) is 0.153. The Balaban J connectivity index is 2.66. The highest BCUT2D eigenvalue weighted by molar-refractivity contribution is 6.21. The highest BCUT2D eigenvalue weighted by Crippen LogP contribution is 2.45. The third kappa shape index (κ3) is 1.71. The molecule has 88 valence electrons. The van der Waals surface area contributed by atoms with Gasteiger partial charge in [0.2, 0.25) is 0 Å². The molecule has 0 saturated heterocycles. The average Bonchev–Trinajstić information content (AvgIpc) is 2.24. The van der Waals surface area contributed by atoms with Crippen LogP contribution in [0, 0.1) is 13.8 Å². The predicted octanol–water partition coefficient (Wildman–Crippen LogP) is 4.49. The number of hydrogen-bond acceptors (Lipinski definition) is 1. The van der Waals surface area contributed by atoms with Gasteiger partial charge >= 0.3 is 0 Å². The molecule has 0 saturated carbocycles. The molecule has 1 aliphatic carbocycles. The maximum atomic E-state index is 6.44. The minimum atomic E-state index is 0.153. The van der Waals surface area contributed by atoms with E-state index in [1.807, 2.05) is 0 Å². The van der Waals surface area contributed by atoms with Crippen LogP contribution in [-0.4, -0.2) is 7.11 Å². The molecule has 1 aromatic carbocycles. The molecule has 1 nitrogen and oxygen atoms in total. The van der Waals surface area contributed by atoms with Gasteiger partial charge in [-0.05, 0) is 54.9 Å². The lowest BCUT2D eigenvalue weighted by Crippen LogP contribution is -2.12. The van der Waals surface area contributed by atoms with Crippen LogP contribution >= 0.6 is 11.6 Å². The second-order valence-corrected chi connectivity index (χ2v) is 5.33. The van der Waals surface area contributed by atoms with Crippen LogP contribution in [-0.2, 0) is 0 Å². The highest BCUT2D eigenvalue weighted by Gasteiger charge is 2.27. The van der Waals surface area contributed by atoms with Gasteiger partial charge < -0.3 is 4.74 Å². The minimum absolute atomic E-state index is 0.153. The number of fused-ring (bicyclic) bond motifs is 1. The lowest BCUT2D eigenvalue weighted by molar-refractivity contribution is 0.406. The number of methoxy groups -OCH3 is 1. The van der Waals surface area contributed by atoms with Gasteiger partial charge in [-0.3, -0.25) is 0 Å². The molecule has 16 heavy (non-hydrogen) atoms. The molecule has 0 radical (unpaired) electrons. The van der Waals surface area contributed by atoms with E-state index in [1.165, 1.54) is 28.7 Å². The molecule has 2 rings (SSSR count). The maximum absolute atomic E-state index is 6.44. The molecule has 0 aliphatic heterocycles. The molecule has 0 amide bonds. The van der Waals surface area contributed by atoms with E-state index in [9.17, 15) is 0 Å². The first-order valence-corrected chi connectivity index (χ1v) is 6.32. The molecule has 2 unspecified atom stereocenters. The van der Waals surface area contributed by atoms with Gasteiger partial charge in [0.15, 0.2) is 0 Å². The van der Waals surface area contributed by atoms with Crippen LogP contribution in [0.25, 0.3) is 0 Å². The summed E-state index contributed by atoms with van der Waals surface area (Å²) in [4.78, 5) is 0. The molecular weight excluding hydrogens is 220 g/mol. The summed E-state index contributed by atoms with van der Waals surface area (Å²) in [6.07, 6.45) is 2.26. The Kier molecular flexibility index (Phi) is 3.16. The Morgan fingerprint density at radius 3 is 2.62 bits per heavy atom. The number of alkyl halides is 1. The van der Waals surface area contributed by atoms with E-state index < -0.39 is 0 Å². The van der Waals surface area contributed by atoms with Crippen LogP contribution in [0.1, 0.15) is 53.3 Å². The van der Waals surface area contributed by atoms with E-state index in [2.05, 4.69) is 26.8 Å². The fourth-order valence-corrected chi connectivity index (χ4v) is 3.26. The summed E-state index contributed by atoms with van der Waals surface area (Å²) in [7, 11) is 1.73. The zero-order valence-corrected chi connectivity index (χ0v) is 11.2. The van der Waals surface area contributed by atoms with Crippen molar-refractivity contribution in [3.63, 3.8) is 0 Å². The van der Waals surface area contributed by atoms with Crippen LogP contribution in [0.5, 0.6) is 5.75 Å². The summed E-state index contributed by atoms with van der Waals surface area (Å²) >= 11 is 6.44. The van der Waals surface area contributed by atoms with E-state index >= 15 is 0 Å². The fraction of sp³-hybridized carbons (Fsp3) is 0.571. The van der Waals surface area contributed by atoms with Crippen molar-refractivity contribution in [2.45, 2.75) is 44.9 Å². The smallest absolute Gasteiger partial charge is 0.125 e. The van der Waals surface area contributed by atoms with Crippen molar-refractivity contribution in [1.29, 1.82) is 0 Å². The standard InChI is InChI=1S/C14H19ClO/c1-8-5-6-12(15)13-10(3)14(16-4)9(2)7-11(8)13/h7-8,12H,5-6H2,1-4H3. The number of halogens is 1. The first-order valence-electron chi connectivity index (χ1n) is 5.88. The summed E-state index contributed by atoms with van der Waals surface area (Å²) < 4.78 is 5.47. The first-order chi connectivity index (χ1) is 7.56. The van der Waals surface area contributed by atoms with Gasteiger partial charge in [-0.1, -0.05) is 13.0 Å². The summed E-state index contributed by atoms with van der Waals surface area (Å²) in [5.41, 5.74) is 5.17. The Hall–Kier alpha value is -0.690. The van der Waals surface area contributed by atoms with Gasteiger partial charge in [-0.15, -0.1) is 11.6 Å². The Bertz CT molecular complexity index is 412. The van der Waals surface area contributed by atoms with E-state index in [-0.39, 0.29) is 5.38 Å². The second kappa shape index (κ2) is 4.29. The third-order valence-electron chi connectivity index (χ3n) is 3.69. The van der Waals surface area contributed by atoms with Gasteiger partial charge in [0.1, 0.15) is 5.75 Å². The largest absolute Gasteiger partial charge is 0.496 e. The topological polar surface area (TPSA) is 9.23 Å². The highest BCUT2D eigenvalue weighted by atomic mass is 35.5. The van der Waals surface area contributed by atoms with Crippen LogP contribution in [0.15, 0.2) is 6.07 Å². The molecule has 1 aliphatic rings. The number of benzene rings is 1. The quantitative estimate of drug-likeness (QED) is 0.655. The number of hydrogen-bond donors (Lipinski definition) is 0. The molecule has 0 spiro atoms. The normalized spacial score (nSPS) is 24.1. The van der Waals surface area contributed by atoms with Gasteiger partial charge in [0, 0.05) is 0 Å². The van der Waals surface area contributed by atoms with Crippen molar-refractivity contribution in [2.75, 3.05) is 7.11 Å². The van der Waals surface area contributed by atoms with Crippen molar-refractivity contribution >= 4 is 11.6 Å². The molecule has 0 fully saturated rings. The monoisotopic (exact) mass is 238 g/mol. The fourth-order valence-electron chi connectivity index (χ4n) is 2.84. The molecule has 0 heterocycles. The molecule has 0 bridgehead atoms. The summed E-state index contributed by atoms with van der Waals surface area (Å²) in [6, 6.07) is 2.25. The maximum Gasteiger partial charge on any atom is 0.125 e. The van der Waals surface area contributed by atoms with Crippen molar-refractivity contribution in [1.82, 2.24) is 0 Å². The van der Waals surface area contributed by atoms with Gasteiger partial charge in [-0.2, -0.15) is 0 Å². The van der Waals surface area contributed by atoms with E-state index in [0.29, 0.717) is 5.92 Å². The average molecular weight is 239 g/mol. The number of ether oxygens (including phenoxy) is 1. The van der Waals surface area contributed by atoms with Crippen molar-refractivity contribution in [3.8, 4) is 5.75 Å². The summed E-state index contributed by atoms with van der Waals surface area (Å²) in [6.45, 7) is 6.52. The van der Waals surface area contributed by atoms with E-state index in [0.717, 1.165) is 12.2 Å². The molecular formula is C14H19ClO. The lowest BCUT2D eigenvalue weighted by Gasteiger charge is -2.29. The molecule has 2 heteroatoms. The van der Waals surface area contributed by atoms with Gasteiger partial charge in [0.05, 0.1) is 12.5 Å². The van der Waals surface area contributed by atoms with E-state index in [4.69, 9.17) is 16.3 Å². The Morgan fingerprint density at radius 2 is 2.00 bits per heavy atom. The van der Waals surface area contributed by atoms with E-state index in [1.54, 1.807) is 7.11 Å². The molecule has 1 aromatic rings.